The van der Waals surface area contributed by atoms with E-state index in [1.54, 1.807) is 4.90 Å². The SMILES string of the molecule is CCC[C@H](NC(=O)[C@@H]1[C@H]2CCC[C@H]2CN1C(=O)[C@H](NC(=O)C(NC(=O)c1cnccn1)C1CCCCC1)C(C)(C)C)C(=O)C(=O)NC1CC1. The van der Waals surface area contributed by atoms with Crippen LogP contribution in [-0.2, 0) is 24.0 Å². The zero-order chi connectivity index (χ0) is 35.3. The van der Waals surface area contributed by atoms with Crippen molar-refractivity contribution in [1.29, 1.82) is 0 Å². The molecule has 5 amide bonds. The van der Waals surface area contributed by atoms with Crippen molar-refractivity contribution in [3.63, 3.8) is 0 Å². The number of carbonyl (C=O) groups is 6. The summed E-state index contributed by atoms with van der Waals surface area (Å²) in [6.07, 6.45) is 13.9. The number of Topliss-reactive ketones (excluding diaryl/α,β-unsaturated/α-hetero) is 1. The maximum Gasteiger partial charge on any atom is 0.289 e. The highest BCUT2D eigenvalue weighted by molar-refractivity contribution is 6.38. The maximum absolute atomic E-state index is 14.6. The molecule has 3 saturated carbocycles. The van der Waals surface area contributed by atoms with Gasteiger partial charge in [-0.3, -0.25) is 33.8 Å². The van der Waals surface area contributed by atoms with E-state index in [9.17, 15) is 28.8 Å². The lowest BCUT2D eigenvalue weighted by Gasteiger charge is -2.38. The maximum atomic E-state index is 14.6. The third-order valence-corrected chi connectivity index (χ3v) is 10.7. The highest BCUT2D eigenvalue weighted by Gasteiger charge is 2.52. The zero-order valence-electron chi connectivity index (χ0n) is 29.3. The number of fused-ring (bicyclic) bond motifs is 1. The Kier molecular flexibility index (Phi) is 11.7. The van der Waals surface area contributed by atoms with Crippen LogP contribution in [0.3, 0.4) is 0 Å². The largest absolute Gasteiger partial charge is 0.347 e. The Labute approximate surface area is 288 Å². The summed E-state index contributed by atoms with van der Waals surface area (Å²) in [6, 6.07) is -3.68. The Balaban J connectivity index is 1.36. The molecule has 1 aliphatic heterocycles. The number of aromatic nitrogens is 2. The minimum Gasteiger partial charge on any atom is -0.347 e. The molecule has 2 heterocycles. The van der Waals surface area contributed by atoms with Crippen LogP contribution in [-0.4, -0.2) is 86.9 Å². The molecule has 0 aromatic carbocycles. The van der Waals surface area contributed by atoms with Crippen LogP contribution >= 0.6 is 0 Å². The first-order valence-electron chi connectivity index (χ1n) is 18.2. The lowest BCUT2D eigenvalue weighted by Crippen LogP contribution is -2.62. The van der Waals surface area contributed by atoms with Gasteiger partial charge in [-0.25, -0.2) is 4.98 Å². The van der Waals surface area contributed by atoms with Crippen molar-refractivity contribution in [1.82, 2.24) is 36.1 Å². The van der Waals surface area contributed by atoms with E-state index in [4.69, 9.17) is 0 Å². The van der Waals surface area contributed by atoms with E-state index in [-0.39, 0.29) is 35.4 Å². The molecule has 6 atom stereocenters. The van der Waals surface area contributed by atoms with E-state index >= 15 is 0 Å². The molecule has 0 radical (unpaired) electrons. The summed E-state index contributed by atoms with van der Waals surface area (Å²) in [5, 5.41) is 11.5. The van der Waals surface area contributed by atoms with Crippen LogP contribution in [0.1, 0.15) is 115 Å². The molecular formula is C36H53N7O6. The second-order valence-electron chi connectivity index (χ2n) is 15.5. The summed E-state index contributed by atoms with van der Waals surface area (Å²) in [7, 11) is 0. The first kappa shape index (κ1) is 36.4. The molecule has 0 bridgehead atoms. The van der Waals surface area contributed by atoms with Gasteiger partial charge in [0.25, 0.3) is 11.8 Å². The van der Waals surface area contributed by atoms with Gasteiger partial charge in [0.1, 0.15) is 23.8 Å². The summed E-state index contributed by atoms with van der Waals surface area (Å²) < 4.78 is 0. The fourth-order valence-electron chi connectivity index (χ4n) is 7.87. The average molecular weight is 680 g/mol. The van der Waals surface area contributed by atoms with E-state index in [1.807, 2.05) is 27.7 Å². The van der Waals surface area contributed by atoms with Crippen molar-refractivity contribution in [2.75, 3.05) is 6.54 Å². The number of ketones is 1. The minimum absolute atomic E-state index is 0.0132. The van der Waals surface area contributed by atoms with Gasteiger partial charge >= 0.3 is 0 Å². The second-order valence-corrected chi connectivity index (χ2v) is 15.5. The number of carbonyl (C=O) groups excluding carboxylic acids is 6. The number of likely N-dealkylation sites (tertiary alicyclic amines) is 1. The van der Waals surface area contributed by atoms with Gasteiger partial charge < -0.3 is 26.2 Å². The zero-order valence-corrected chi connectivity index (χ0v) is 29.3. The molecule has 1 saturated heterocycles. The number of rotatable bonds is 13. The fraction of sp³-hybridized carbons (Fsp3) is 0.722. The summed E-state index contributed by atoms with van der Waals surface area (Å²) in [4.78, 5) is 91.4. The Morgan fingerprint density at radius 3 is 2.27 bits per heavy atom. The first-order valence-corrected chi connectivity index (χ1v) is 18.2. The van der Waals surface area contributed by atoms with Gasteiger partial charge in [-0.05, 0) is 68.1 Å². The minimum atomic E-state index is -0.994. The van der Waals surface area contributed by atoms with Crippen molar-refractivity contribution in [3.8, 4) is 0 Å². The summed E-state index contributed by atoms with van der Waals surface area (Å²) in [6.45, 7) is 7.85. The van der Waals surface area contributed by atoms with Crippen LogP contribution in [0.25, 0.3) is 0 Å². The number of hydrogen-bond acceptors (Lipinski definition) is 8. The van der Waals surface area contributed by atoms with Crippen LogP contribution in [0.4, 0.5) is 0 Å². The normalized spacial score (nSPS) is 24.2. The van der Waals surface area contributed by atoms with Gasteiger partial charge in [0, 0.05) is 25.0 Å². The van der Waals surface area contributed by atoms with Crippen molar-refractivity contribution >= 4 is 35.3 Å². The lowest BCUT2D eigenvalue weighted by molar-refractivity contribution is -0.146. The molecule has 1 unspecified atom stereocenters. The van der Waals surface area contributed by atoms with Gasteiger partial charge in [-0.2, -0.15) is 0 Å². The van der Waals surface area contributed by atoms with Crippen molar-refractivity contribution in [2.45, 2.75) is 135 Å². The van der Waals surface area contributed by atoms with Crippen LogP contribution in [0.5, 0.6) is 0 Å². The van der Waals surface area contributed by atoms with Crippen LogP contribution in [0.2, 0.25) is 0 Å². The molecule has 4 fully saturated rings. The molecule has 0 spiro atoms. The molecule has 49 heavy (non-hydrogen) atoms. The van der Waals surface area contributed by atoms with Crippen molar-refractivity contribution in [3.05, 3.63) is 24.3 Å². The van der Waals surface area contributed by atoms with E-state index in [0.717, 1.165) is 64.2 Å². The summed E-state index contributed by atoms with van der Waals surface area (Å²) >= 11 is 0. The van der Waals surface area contributed by atoms with E-state index in [1.165, 1.54) is 18.6 Å². The third kappa shape index (κ3) is 8.83. The highest BCUT2D eigenvalue weighted by Crippen LogP contribution is 2.43. The molecule has 4 aliphatic rings. The molecule has 1 aromatic heterocycles. The molecule has 3 aliphatic carbocycles. The lowest BCUT2D eigenvalue weighted by atomic mass is 9.82. The van der Waals surface area contributed by atoms with Crippen molar-refractivity contribution in [2.24, 2.45) is 23.2 Å². The van der Waals surface area contributed by atoms with E-state index in [2.05, 4.69) is 31.2 Å². The highest BCUT2D eigenvalue weighted by atomic mass is 16.2. The molecule has 13 heteroatoms. The van der Waals surface area contributed by atoms with Gasteiger partial charge in [0.05, 0.1) is 12.2 Å². The summed E-state index contributed by atoms with van der Waals surface area (Å²) in [5.41, 5.74) is -0.638. The van der Waals surface area contributed by atoms with E-state index in [0.29, 0.717) is 19.4 Å². The predicted molar refractivity (Wildman–Crippen MR) is 181 cm³/mol. The fourth-order valence-corrected chi connectivity index (χ4v) is 7.87. The molecule has 5 rings (SSSR count). The summed E-state index contributed by atoms with van der Waals surface area (Å²) in [5.74, 6) is -3.20. The number of amides is 5. The number of nitrogens with zero attached hydrogens (tertiary/aromatic N) is 3. The standard InChI is InChI=1S/C36H53N7O6/c1-5-10-25(29(44)34(48)39-23-15-16-23)40-33(47)28-24-14-9-13-22(24)20-43(28)35(49)30(36(2,3)4)42-32(46)27(21-11-7-6-8-12-21)41-31(45)26-19-37-17-18-38-26/h17-19,21-25,27-28,30H,5-16,20H2,1-4H3,(H,39,48)(H,40,47)(H,41,45)(H,42,46)/t22-,24-,25-,27?,28-,30-/m0/s1. The molecule has 1 aromatic rings. The molecule has 4 N–H and O–H groups in total. The predicted octanol–water partition coefficient (Wildman–Crippen LogP) is 2.45. The average Bonchev–Trinajstić information content (AvgIpc) is 3.65. The number of nitrogens with one attached hydrogen (secondary N) is 4. The van der Waals surface area contributed by atoms with E-state index < -0.39 is 59.0 Å². The van der Waals surface area contributed by atoms with Gasteiger partial charge in [0.2, 0.25) is 23.5 Å². The monoisotopic (exact) mass is 679 g/mol. The number of hydrogen-bond donors (Lipinski definition) is 4. The molecule has 268 valence electrons. The first-order chi connectivity index (χ1) is 23.4. The molecule has 13 nitrogen and oxygen atoms in total. The van der Waals surface area contributed by atoms with Crippen LogP contribution in [0.15, 0.2) is 18.6 Å². The Morgan fingerprint density at radius 1 is 0.898 bits per heavy atom. The quantitative estimate of drug-likeness (QED) is 0.230. The molecular weight excluding hydrogens is 626 g/mol. The third-order valence-electron chi connectivity index (χ3n) is 10.7. The Morgan fingerprint density at radius 2 is 1.63 bits per heavy atom. The van der Waals surface area contributed by atoms with Crippen molar-refractivity contribution < 1.29 is 28.8 Å². The Bertz CT molecular complexity index is 1390. The second kappa shape index (κ2) is 15.8. The topological polar surface area (TPSA) is 180 Å². The van der Waals surface area contributed by atoms with Crippen LogP contribution in [0, 0.1) is 23.2 Å². The van der Waals surface area contributed by atoms with Gasteiger partial charge in [-0.15, -0.1) is 0 Å². The van der Waals surface area contributed by atoms with Gasteiger partial charge in [0.15, 0.2) is 0 Å². The van der Waals surface area contributed by atoms with Gasteiger partial charge in [-0.1, -0.05) is 59.8 Å². The Hall–Kier alpha value is -3.90. The van der Waals surface area contributed by atoms with Crippen LogP contribution < -0.4 is 21.3 Å². The smallest absolute Gasteiger partial charge is 0.289 e.